The molecule has 1 heterocycles. The molecule has 2 N–H and O–H groups in total. The normalized spacial score (nSPS) is 10.7. The Labute approximate surface area is 141 Å². The predicted molar refractivity (Wildman–Crippen MR) is 90.5 cm³/mol. The van der Waals surface area contributed by atoms with Gasteiger partial charge in [-0.05, 0) is 24.3 Å². The van der Waals surface area contributed by atoms with E-state index in [1.165, 1.54) is 23.9 Å². The zero-order chi connectivity index (χ0) is 16.9. The number of rotatable bonds is 6. The molecule has 0 aliphatic carbocycles. The van der Waals surface area contributed by atoms with Crippen LogP contribution >= 0.6 is 11.8 Å². The second-order valence-corrected chi connectivity index (χ2v) is 5.95. The van der Waals surface area contributed by atoms with Gasteiger partial charge < -0.3 is 14.8 Å². The van der Waals surface area contributed by atoms with E-state index in [4.69, 9.17) is 9.52 Å². The van der Waals surface area contributed by atoms with E-state index in [1.807, 2.05) is 24.3 Å². The number of para-hydroxylation sites is 2. The van der Waals surface area contributed by atoms with Crippen molar-refractivity contribution < 1.29 is 19.1 Å². The third kappa shape index (κ3) is 3.57. The van der Waals surface area contributed by atoms with Crippen molar-refractivity contribution in [2.45, 2.75) is 5.22 Å². The highest BCUT2D eigenvalue weighted by atomic mass is 32.2. The van der Waals surface area contributed by atoms with E-state index in [-0.39, 0.29) is 11.1 Å². The van der Waals surface area contributed by atoms with Gasteiger partial charge in [-0.15, -0.1) is 0 Å². The van der Waals surface area contributed by atoms with Gasteiger partial charge in [-0.2, -0.15) is 0 Å². The first-order chi connectivity index (χ1) is 11.6. The number of aromatic carboxylic acids is 1. The predicted octanol–water partition coefficient (Wildman–Crippen LogP) is 3.05. The van der Waals surface area contributed by atoms with Gasteiger partial charge >= 0.3 is 5.97 Å². The van der Waals surface area contributed by atoms with Gasteiger partial charge in [0.15, 0.2) is 5.58 Å². The van der Waals surface area contributed by atoms with Crippen LogP contribution in [0.2, 0.25) is 0 Å². The molecule has 0 aliphatic rings. The molecule has 0 saturated carbocycles. The monoisotopic (exact) mass is 342 g/mol. The summed E-state index contributed by atoms with van der Waals surface area (Å²) in [5.74, 6) is -0.971. The van der Waals surface area contributed by atoms with E-state index in [0.717, 1.165) is 11.1 Å². The van der Waals surface area contributed by atoms with Gasteiger partial charge in [0.2, 0.25) is 0 Å². The van der Waals surface area contributed by atoms with Gasteiger partial charge in [0, 0.05) is 12.3 Å². The van der Waals surface area contributed by atoms with Gasteiger partial charge in [-0.1, -0.05) is 36.0 Å². The zero-order valence-corrected chi connectivity index (χ0v) is 13.4. The number of nitrogens with one attached hydrogen (secondary N) is 1. The Bertz CT molecular complexity index is 858. The maximum Gasteiger partial charge on any atom is 0.336 e. The number of carbonyl (C=O) groups excluding carboxylic acids is 1. The Hall–Kier alpha value is -2.80. The van der Waals surface area contributed by atoms with Crippen LogP contribution in [0.3, 0.4) is 0 Å². The van der Waals surface area contributed by atoms with Crippen LogP contribution in [-0.2, 0) is 0 Å². The van der Waals surface area contributed by atoms with Crippen molar-refractivity contribution in [1.82, 2.24) is 10.3 Å². The van der Waals surface area contributed by atoms with Crippen molar-refractivity contribution >= 4 is 34.7 Å². The molecule has 0 aliphatic heterocycles. The van der Waals surface area contributed by atoms with Crippen LogP contribution < -0.4 is 5.32 Å². The molecular weight excluding hydrogens is 328 g/mol. The molecule has 7 heteroatoms. The van der Waals surface area contributed by atoms with Crippen LogP contribution in [0.15, 0.2) is 58.2 Å². The molecule has 3 rings (SSSR count). The molecule has 1 amide bonds. The highest BCUT2D eigenvalue weighted by Gasteiger charge is 2.15. The SMILES string of the molecule is O=C(O)c1ccccc1C(=O)NCCSc1nc2ccccc2o1. The van der Waals surface area contributed by atoms with Crippen LogP contribution in [0.25, 0.3) is 11.1 Å². The van der Waals surface area contributed by atoms with Gasteiger partial charge in [0.05, 0.1) is 11.1 Å². The average molecular weight is 342 g/mol. The molecule has 0 bridgehead atoms. The quantitative estimate of drug-likeness (QED) is 0.528. The number of fused-ring (bicyclic) bond motifs is 1. The van der Waals surface area contributed by atoms with E-state index in [1.54, 1.807) is 12.1 Å². The number of oxazole rings is 1. The topological polar surface area (TPSA) is 92.4 Å². The van der Waals surface area contributed by atoms with Crippen LogP contribution in [0.4, 0.5) is 0 Å². The van der Waals surface area contributed by atoms with E-state index >= 15 is 0 Å². The van der Waals surface area contributed by atoms with Crippen LogP contribution in [0, 0.1) is 0 Å². The molecule has 3 aromatic rings. The summed E-state index contributed by atoms with van der Waals surface area (Å²) < 4.78 is 5.57. The van der Waals surface area contributed by atoms with E-state index in [2.05, 4.69) is 10.3 Å². The van der Waals surface area contributed by atoms with Crippen LogP contribution in [-0.4, -0.2) is 34.3 Å². The molecule has 0 atom stereocenters. The summed E-state index contributed by atoms with van der Waals surface area (Å²) in [5, 5.41) is 12.3. The number of aromatic nitrogens is 1. The maximum absolute atomic E-state index is 12.1. The van der Waals surface area contributed by atoms with Crippen molar-refractivity contribution in [1.29, 1.82) is 0 Å². The lowest BCUT2D eigenvalue weighted by atomic mass is 10.1. The van der Waals surface area contributed by atoms with E-state index in [0.29, 0.717) is 17.5 Å². The fourth-order valence-corrected chi connectivity index (χ4v) is 2.87. The third-order valence-corrected chi connectivity index (χ3v) is 4.12. The smallest absolute Gasteiger partial charge is 0.336 e. The molecule has 0 fully saturated rings. The van der Waals surface area contributed by atoms with E-state index < -0.39 is 11.9 Å². The number of nitrogens with zero attached hydrogens (tertiary/aromatic N) is 1. The number of amides is 1. The van der Waals surface area contributed by atoms with Gasteiger partial charge in [-0.25, -0.2) is 9.78 Å². The minimum atomic E-state index is -1.12. The summed E-state index contributed by atoms with van der Waals surface area (Å²) in [4.78, 5) is 27.6. The second kappa shape index (κ2) is 7.18. The average Bonchev–Trinajstić information content (AvgIpc) is 3.01. The highest BCUT2D eigenvalue weighted by molar-refractivity contribution is 7.99. The molecule has 0 unspecified atom stereocenters. The maximum atomic E-state index is 12.1. The summed E-state index contributed by atoms with van der Waals surface area (Å²) in [6.45, 7) is 0.371. The minimum absolute atomic E-state index is 0.0124. The first-order valence-electron chi connectivity index (χ1n) is 7.24. The lowest BCUT2D eigenvalue weighted by Gasteiger charge is -2.06. The Kier molecular flexibility index (Phi) is 4.81. The van der Waals surface area contributed by atoms with Gasteiger partial charge in [0.25, 0.3) is 11.1 Å². The molecule has 0 spiro atoms. The molecule has 122 valence electrons. The first-order valence-corrected chi connectivity index (χ1v) is 8.22. The zero-order valence-electron chi connectivity index (χ0n) is 12.6. The summed E-state index contributed by atoms with van der Waals surface area (Å²) in [6, 6.07) is 13.6. The number of carbonyl (C=O) groups is 2. The third-order valence-electron chi connectivity index (χ3n) is 3.29. The van der Waals surface area contributed by atoms with E-state index in [9.17, 15) is 9.59 Å². The molecule has 0 saturated heterocycles. The Morgan fingerprint density at radius 2 is 1.79 bits per heavy atom. The molecule has 24 heavy (non-hydrogen) atoms. The number of carboxylic acids is 1. The Balaban J connectivity index is 1.55. The largest absolute Gasteiger partial charge is 0.478 e. The Morgan fingerprint density at radius 1 is 1.08 bits per heavy atom. The van der Waals surface area contributed by atoms with Gasteiger partial charge in [-0.3, -0.25) is 4.79 Å². The fraction of sp³-hybridized carbons (Fsp3) is 0.118. The second-order valence-electron chi connectivity index (χ2n) is 4.90. The molecule has 0 radical (unpaired) electrons. The number of hydrogen-bond acceptors (Lipinski definition) is 5. The highest BCUT2D eigenvalue weighted by Crippen LogP contribution is 2.22. The summed E-state index contributed by atoms with van der Waals surface area (Å²) in [6.07, 6.45) is 0. The molecule has 2 aromatic carbocycles. The van der Waals surface area contributed by atoms with Crippen molar-refractivity contribution in [2.24, 2.45) is 0 Å². The first kappa shape index (κ1) is 16.1. The van der Waals surface area contributed by atoms with Crippen molar-refractivity contribution in [2.75, 3.05) is 12.3 Å². The summed E-state index contributed by atoms with van der Waals surface area (Å²) in [7, 11) is 0. The molecule has 1 aromatic heterocycles. The summed E-state index contributed by atoms with van der Waals surface area (Å²) >= 11 is 1.39. The van der Waals surface area contributed by atoms with Crippen LogP contribution in [0.5, 0.6) is 0 Å². The van der Waals surface area contributed by atoms with Crippen molar-refractivity contribution in [3.8, 4) is 0 Å². The summed E-state index contributed by atoms with van der Waals surface area (Å²) in [5.41, 5.74) is 1.65. The standard InChI is InChI=1S/C17H14N2O4S/c20-15(11-5-1-2-6-12(11)16(21)22)18-9-10-24-17-19-13-7-3-4-8-14(13)23-17/h1-8H,9-10H2,(H,18,20)(H,21,22). The van der Waals surface area contributed by atoms with Crippen molar-refractivity contribution in [3.05, 3.63) is 59.7 Å². The lowest BCUT2D eigenvalue weighted by molar-refractivity contribution is 0.0691. The fourth-order valence-electron chi connectivity index (χ4n) is 2.18. The minimum Gasteiger partial charge on any atom is -0.478 e. The Morgan fingerprint density at radius 3 is 2.54 bits per heavy atom. The number of hydrogen-bond donors (Lipinski definition) is 2. The van der Waals surface area contributed by atoms with Crippen LogP contribution in [0.1, 0.15) is 20.7 Å². The number of carboxylic acid groups (broad SMARTS) is 1. The lowest BCUT2D eigenvalue weighted by Crippen LogP contribution is -2.27. The van der Waals surface area contributed by atoms with Gasteiger partial charge in [0.1, 0.15) is 5.52 Å². The van der Waals surface area contributed by atoms with Crippen molar-refractivity contribution in [3.63, 3.8) is 0 Å². The molecular formula is C17H14N2O4S. The molecule has 6 nitrogen and oxygen atoms in total. The number of thioether (sulfide) groups is 1. The number of benzene rings is 2.